The van der Waals surface area contributed by atoms with Crippen LogP contribution in [0.5, 0.6) is 5.75 Å². The molecule has 4 nitrogen and oxygen atoms in total. The van der Waals surface area contributed by atoms with Crippen molar-refractivity contribution >= 4 is 5.82 Å². The zero-order chi connectivity index (χ0) is 21.8. The van der Waals surface area contributed by atoms with E-state index in [9.17, 15) is 9.65 Å². The minimum atomic E-state index is -0.292. The first kappa shape index (κ1) is 20.1. The molecule has 0 saturated carbocycles. The molecule has 0 atom stereocenters. The van der Waals surface area contributed by atoms with Gasteiger partial charge in [0.05, 0.1) is 0 Å². The van der Waals surface area contributed by atoms with Crippen molar-refractivity contribution in [2.24, 2.45) is 0 Å². The van der Waals surface area contributed by atoms with Gasteiger partial charge >= 0.3 is 0 Å². The molecule has 4 rings (SSSR count). The van der Waals surface area contributed by atoms with Gasteiger partial charge in [-0.15, -0.1) is 0 Å². The maximum Gasteiger partial charge on any atom is 0.142 e. The first-order valence-corrected chi connectivity index (χ1v) is 9.80. The van der Waals surface area contributed by atoms with Crippen LogP contribution in [0, 0.1) is 24.1 Å². The largest absolute Gasteiger partial charge is 0.489 e. The van der Waals surface area contributed by atoms with Gasteiger partial charge in [-0.25, -0.2) is 9.37 Å². The Labute approximate surface area is 180 Å². The van der Waals surface area contributed by atoms with Gasteiger partial charge in [-0.05, 0) is 47.9 Å². The van der Waals surface area contributed by atoms with Crippen LogP contribution in [0.3, 0.4) is 0 Å². The molecule has 4 aromatic rings. The Kier molecular flexibility index (Phi) is 5.63. The Hall–Kier alpha value is -4.17. The molecule has 3 aromatic carbocycles. The molecule has 1 heterocycles. The van der Waals surface area contributed by atoms with Crippen molar-refractivity contribution in [2.75, 3.05) is 5.73 Å². The molecular formula is C26H20FN3O. The molecule has 152 valence electrons. The van der Waals surface area contributed by atoms with Crippen LogP contribution in [0.2, 0.25) is 0 Å². The Morgan fingerprint density at radius 3 is 2.32 bits per heavy atom. The highest BCUT2D eigenvalue weighted by Gasteiger charge is 2.19. The molecule has 1 aromatic heterocycles. The predicted octanol–water partition coefficient (Wildman–Crippen LogP) is 5.90. The molecule has 2 N–H and O–H groups in total. The van der Waals surface area contributed by atoms with Crippen molar-refractivity contribution in [3.05, 3.63) is 102 Å². The number of nitriles is 1. The summed E-state index contributed by atoms with van der Waals surface area (Å²) < 4.78 is 19.1. The molecule has 0 spiro atoms. The summed E-state index contributed by atoms with van der Waals surface area (Å²) in [4.78, 5) is 4.39. The molecule has 0 fully saturated rings. The Bertz CT molecular complexity index is 1260. The Morgan fingerprint density at radius 2 is 1.65 bits per heavy atom. The lowest BCUT2D eigenvalue weighted by Gasteiger charge is -2.16. The van der Waals surface area contributed by atoms with Gasteiger partial charge in [-0.3, -0.25) is 0 Å². The predicted molar refractivity (Wildman–Crippen MR) is 120 cm³/mol. The fourth-order valence-corrected chi connectivity index (χ4v) is 3.60. The van der Waals surface area contributed by atoms with E-state index < -0.39 is 0 Å². The maximum atomic E-state index is 13.4. The number of aromatic nitrogens is 1. The zero-order valence-corrected chi connectivity index (χ0v) is 17.0. The van der Waals surface area contributed by atoms with E-state index >= 15 is 0 Å². The molecule has 0 bridgehead atoms. The van der Waals surface area contributed by atoms with Gasteiger partial charge in [0, 0.05) is 16.8 Å². The zero-order valence-electron chi connectivity index (χ0n) is 17.0. The third-order valence-corrected chi connectivity index (χ3v) is 5.02. The minimum absolute atomic E-state index is 0.209. The number of rotatable bonds is 5. The third kappa shape index (κ3) is 4.24. The number of halogens is 1. The molecular weight excluding hydrogens is 389 g/mol. The van der Waals surface area contributed by atoms with Crippen LogP contribution in [0.4, 0.5) is 10.2 Å². The summed E-state index contributed by atoms with van der Waals surface area (Å²) >= 11 is 0. The lowest BCUT2D eigenvalue weighted by molar-refractivity contribution is 0.305. The van der Waals surface area contributed by atoms with E-state index in [0.29, 0.717) is 11.3 Å². The van der Waals surface area contributed by atoms with Gasteiger partial charge in [0.1, 0.15) is 35.6 Å². The number of hydrogen-bond acceptors (Lipinski definition) is 4. The first-order valence-electron chi connectivity index (χ1n) is 9.80. The first-order chi connectivity index (χ1) is 15.1. The second-order valence-corrected chi connectivity index (χ2v) is 7.13. The minimum Gasteiger partial charge on any atom is -0.489 e. The maximum absolute atomic E-state index is 13.4. The van der Waals surface area contributed by atoms with E-state index in [4.69, 9.17) is 10.5 Å². The van der Waals surface area contributed by atoms with Gasteiger partial charge in [0.25, 0.3) is 0 Å². The summed E-state index contributed by atoms with van der Waals surface area (Å²) in [6, 6.07) is 25.8. The number of hydrogen-bond donors (Lipinski definition) is 1. The lowest BCUT2D eigenvalue weighted by Crippen LogP contribution is -2.03. The van der Waals surface area contributed by atoms with Crippen LogP contribution >= 0.6 is 0 Å². The Balaban J connectivity index is 1.71. The van der Waals surface area contributed by atoms with E-state index in [1.807, 2.05) is 67.6 Å². The summed E-state index contributed by atoms with van der Waals surface area (Å²) in [7, 11) is 0. The quantitative estimate of drug-likeness (QED) is 0.446. The number of nitrogens with two attached hydrogens (primary N) is 1. The topological polar surface area (TPSA) is 71.9 Å². The van der Waals surface area contributed by atoms with Crippen molar-refractivity contribution in [1.82, 2.24) is 4.98 Å². The number of benzene rings is 3. The highest BCUT2D eigenvalue weighted by molar-refractivity contribution is 5.91. The second kappa shape index (κ2) is 8.68. The summed E-state index contributed by atoms with van der Waals surface area (Å²) in [5.74, 6) is 0.562. The normalized spacial score (nSPS) is 10.5. The lowest BCUT2D eigenvalue weighted by atomic mass is 9.90. The molecule has 0 amide bonds. The van der Waals surface area contributed by atoms with Gasteiger partial charge in [0.15, 0.2) is 0 Å². The highest BCUT2D eigenvalue weighted by atomic mass is 19.1. The van der Waals surface area contributed by atoms with Crippen LogP contribution in [-0.2, 0) is 6.61 Å². The van der Waals surface area contributed by atoms with Crippen molar-refractivity contribution in [1.29, 1.82) is 5.26 Å². The molecule has 0 saturated heterocycles. The summed E-state index contributed by atoms with van der Waals surface area (Å²) in [5.41, 5.74) is 11.4. The van der Waals surface area contributed by atoms with E-state index in [-0.39, 0.29) is 18.2 Å². The third-order valence-electron chi connectivity index (χ3n) is 5.02. The van der Waals surface area contributed by atoms with E-state index in [1.165, 1.54) is 12.1 Å². The average Bonchev–Trinajstić information content (AvgIpc) is 2.78. The number of ether oxygens (including phenoxy) is 1. The SMILES string of the molecule is Cc1nc(N)c(C#N)c(-c2ccc(OCc3cccc(F)c3)cc2)c1-c1ccccc1. The molecule has 0 radical (unpaired) electrons. The van der Waals surface area contributed by atoms with E-state index in [0.717, 1.165) is 33.5 Å². The molecule has 0 aliphatic carbocycles. The second-order valence-electron chi connectivity index (χ2n) is 7.13. The fourth-order valence-electron chi connectivity index (χ4n) is 3.60. The van der Waals surface area contributed by atoms with E-state index in [2.05, 4.69) is 11.1 Å². The molecule has 0 aliphatic rings. The van der Waals surface area contributed by atoms with Crippen molar-refractivity contribution in [2.45, 2.75) is 13.5 Å². The van der Waals surface area contributed by atoms with Crippen molar-refractivity contribution < 1.29 is 9.13 Å². The number of anilines is 1. The smallest absolute Gasteiger partial charge is 0.142 e. The summed E-state index contributed by atoms with van der Waals surface area (Å²) in [5, 5.41) is 9.78. The van der Waals surface area contributed by atoms with Gasteiger partial charge in [-0.2, -0.15) is 5.26 Å². The molecule has 31 heavy (non-hydrogen) atoms. The van der Waals surface area contributed by atoms with Gasteiger partial charge < -0.3 is 10.5 Å². The van der Waals surface area contributed by atoms with Gasteiger partial charge in [0.2, 0.25) is 0 Å². The number of aryl methyl sites for hydroxylation is 1. The number of pyridine rings is 1. The molecule has 5 heteroatoms. The van der Waals surface area contributed by atoms with Crippen LogP contribution in [0.25, 0.3) is 22.3 Å². The highest BCUT2D eigenvalue weighted by Crippen LogP contribution is 2.39. The standard InChI is InChI=1S/C26H20FN3O/c1-17-24(19-7-3-2-4-8-19)25(23(15-28)26(29)30-17)20-10-12-22(13-11-20)31-16-18-6-5-9-21(27)14-18/h2-14H,16H2,1H3,(H2,29,30). The number of nitrogen functional groups attached to an aromatic ring is 1. The monoisotopic (exact) mass is 409 g/mol. The summed E-state index contributed by atoms with van der Waals surface area (Å²) in [6.45, 7) is 2.15. The molecule has 0 unspecified atom stereocenters. The Morgan fingerprint density at radius 1 is 0.935 bits per heavy atom. The van der Waals surface area contributed by atoms with Crippen LogP contribution in [-0.4, -0.2) is 4.98 Å². The van der Waals surface area contributed by atoms with Crippen LogP contribution in [0.1, 0.15) is 16.8 Å². The average molecular weight is 409 g/mol. The number of nitrogens with zero attached hydrogens (tertiary/aromatic N) is 2. The van der Waals surface area contributed by atoms with E-state index in [1.54, 1.807) is 6.07 Å². The summed E-state index contributed by atoms with van der Waals surface area (Å²) in [6.07, 6.45) is 0. The van der Waals surface area contributed by atoms with Crippen LogP contribution < -0.4 is 10.5 Å². The fraction of sp³-hybridized carbons (Fsp3) is 0.0769. The van der Waals surface area contributed by atoms with Crippen LogP contribution in [0.15, 0.2) is 78.9 Å². The van der Waals surface area contributed by atoms with Gasteiger partial charge in [-0.1, -0.05) is 54.6 Å². The van der Waals surface area contributed by atoms with Crippen molar-refractivity contribution in [3.63, 3.8) is 0 Å². The molecule has 0 aliphatic heterocycles. The van der Waals surface area contributed by atoms with Crippen molar-refractivity contribution in [3.8, 4) is 34.1 Å².